The van der Waals surface area contributed by atoms with Gasteiger partial charge in [0, 0.05) is 16.6 Å². The molecule has 2 aromatic carbocycles. The molecule has 1 aromatic heterocycles. The summed E-state index contributed by atoms with van der Waals surface area (Å²) in [4.78, 5) is 4.37. The molecule has 0 aliphatic carbocycles. The quantitative estimate of drug-likeness (QED) is 0.407. The molecule has 0 amide bonds. The van der Waals surface area contributed by atoms with Crippen molar-refractivity contribution in [3.05, 3.63) is 47.3 Å². The van der Waals surface area contributed by atoms with Gasteiger partial charge in [-0.05, 0) is 49.7 Å². The van der Waals surface area contributed by atoms with Gasteiger partial charge >= 0.3 is 0 Å². The minimum atomic E-state index is -3.99. The summed E-state index contributed by atoms with van der Waals surface area (Å²) in [6, 6.07) is 9.31. The van der Waals surface area contributed by atoms with Crippen molar-refractivity contribution in [2.75, 3.05) is 21.3 Å². The topological polar surface area (TPSA) is 104 Å². The predicted molar refractivity (Wildman–Crippen MR) is 123 cm³/mol. The fourth-order valence-electron chi connectivity index (χ4n) is 3.20. The Hall–Kier alpha value is -2.82. The summed E-state index contributed by atoms with van der Waals surface area (Å²) in [5.74, 6) is 1.72. The highest BCUT2D eigenvalue weighted by Gasteiger charge is 2.33. The molecule has 0 saturated heterocycles. The molecule has 0 N–H and O–H groups in total. The molecule has 0 fully saturated rings. The van der Waals surface area contributed by atoms with E-state index in [1.54, 1.807) is 38.3 Å². The molecule has 9 nitrogen and oxygen atoms in total. The zero-order chi connectivity index (χ0) is 24.2. The number of ether oxygens (including phenoxy) is 3. The van der Waals surface area contributed by atoms with Crippen LogP contribution in [0.25, 0.3) is 11.4 Å². The van der Waals surface area contributed by atoms with Gasteiger partial charge in [0.1, 0.15) is 10.6 Å². The maximum Gasteiger partial charge on any atom is 0.247 e. The maximum absolute atomic E-state index is 13.6. The van der Waals surface area contributed by atoms with E-state index in [-0.39, 0.29) is 34.1 Å². The third kappa shape index (κ3) is 5.23. The lowest BCUT2D eigenvalue weighted by molar-refractivity contribution is 0.271. The Balaban J connectivity index is 1.96. The number of rotatable bonds is 10. The molecule has 3 rings (SSSR count). The van der Waals surface area contributed by atoms with Crippen LogP contribution in [0.3, 0.4) is 0 Å². The fourth-order valence-corrected chi connectivity index (χ4v) is 5.28. The van der Waals surface area contributed by atoms with Crippen molar-refractivity contribution in [1.82, 2.24) is 14.4 Å². The highest BCUT2D eigenvalue weighted by molar-refractivity contribution is 7.89. The lowest BCUT2D eigenvalue weighted by Crippen LogP contribution is -2.38. The molecule has 0 aliphatic rings. The Kier molecular flexibility index (Phi) is 7.83. The number of aromatic nitrogens is 2. The predicted octanol–water partition coefficient (Wildman–Crippen LogP) is 4.41. The Morgan fingerprint density at radius 3 is 2.33 bits per heavy atom. The Morgan fingerprint density at radius 2 is 1.70 bits per heavy atom. The van der Waals surface area contributed by atoms with Crippen molar-refractivity contribution in [2.45, 2.75) is 37.8 Å². The molecule has 1 atom stereocenters. The largest absolute Gasteiger partial charge is 0.495 e. The molecule has 0 spiro atoms. The van der Waals surface area contributed by atoms with Crippen LogP contribution in [-0.2, 0) is 16.6 Å². The van der Waals surface area contributed by atoms with Crippen molar-refractivity contribution in [3.8, 4) is 28.6 Å². The van der Waals surface area contributed by atoms with E-state index < -0.39 is 10.0 Å². The first-order valence-corrected chi connectivity index (χ1v) is 12.0. The van der Waals surface area contributed by atoms with E-state index in [1.807, 2.05) is 6.92 Å². The second-order valence-electron chi connectivity index (χ2n) is 7.18. The molecule has 0 unspecified atom stereocenters. The van der Waals surface area contributed by atoms with E-state index in [1.165, 1.54) is 30.7 Å². The van der Waals surface area contributed by atoms with E-state index in [9.17, 15) is 8.42 Å². The van der Waals surface area contributed by atoms with Crippen molar-refractivity contribution in [1.29, 1.82) is 0 Å². The van der Waals surface area contributed by atoms with Gasteiger partial charge in [-0.25, -0.2) is 8.42 Å². The van der Waals surface area contributed by atoms with Gasteiger partial charge < -0.3 is 18.7 Å². The number of methoxy groups -OCH3 is 3. The smallest absolute Gasteiger partial charge is 0.247 e. The van der Waals surface area contributed by atoms with Gasteiger partial charge in [-0.1, -0.05) is 23.7 Å². The molecule has 0 bridgehead atoms. The first-order valence-electron chi connectivity index (χ1n) is 10.2. The van der Waals surface area contributed by atoms with Crippen molar-refractivity contribution >= 4 is 21.6 Å². The van der Waals surface area contributed by atoms with Gasteiger partial charge in [0.2, 0.25) is 21.7 Å². The van der Waals surface area contributed by atoms with Crippen LogP contribution in [0.1, 0.15) is 26.2 Å². The Morgan fingerprint density at radius 1 is 1.03 bits per heavy atom. The van der Waals surface area contributed by atoms with Gasteiger partial charge in [-0.15, -0.1) is 0 Å². The van der Waals surface area contributed by atoms with Crippen LogP contribution in [0.15, 0.2) is 45.8 Å². The van der Waals surface area contributed by atoms with E-state index in [2.05, 4.69) is 10.1 Å². The van der Waals surface area contributed by atoms with Gasteiger partial charge in [-0.2, -0.15) is 9.29 Å². The minimum Gasteiger partial charge on any atom is -0.495 e. The van der Waals surface area contributed by atoms with Gasteiger partial charge in [0.05, 0.1) is 27.9 Å². The number of nitrogens with zero attached hydrogens (tertiary/aromatic N) is 3. The van der Waals surface area contributed by atoms with Crippen LogP contribution < -0.4 is 14.2 Å². The van der Waals surface area contributed by atoms with Gasteiger partial charge in [0.15, 0.2) is 11.5 Å². The lowest BCUT2D eigenvalue weighted by atomic mass is 10.2. The Bertz CT molecular complexity index is 1210. The van der Waals surface area contributed by atoms with Crippen LogP contribution in [0.5, 0.6) is 17.2 Å². The molecular formula is C22H26ClN3O6S. The molecule has 0 aliphatic heterocycles. The van der Waals surface area contributed by atoms with E-state index in [0.29, 0.717) is 29.3 Å². The van der Waals surface area contributed by atoms with Gasteiger partial charge in [-0.3, -0.25) is 0 Å². The highest BCUT2D eigenvalue weighted by atomic mass is 35.5. The summed E-state index contributed by atoms with van der Waals surface area (Å²) in [6.07, 6.45) is 0.568. The van der Waals surface area contributed by atoms with Crippen LogP contribution >= 0.6 is 11.6 Å². The summed E-state index contributed by atoms with van der Waals surface area (Å²) >= 11 is 6.08. The SMILES string of the molecule is CC[C@H](C)N(Cc1nc(-c2ccc(OC)c(OC)c2)no1)S(=O)(=O)c1cc(Cl)ccc1OC. The highest BCUT2D eigenvalue weighted by Crippen LogP contribution is 2.33. The molecule has 1 heterocycles. The van der Waals surface area contributed by atoms with E-state index in [0.717, 1.165) is 0 Å². The summed E-state index contributed by atoms with van der Waals surface area (Å²) < 4.78 is 49.7. The normalized spacial score (nSPS) is 12.6. The van der Waals surface area contributed by atoms with Crippen molar-refractivity contribution in [3.63, 3.8) is 0 Å². The summed E-state index contributed by atoms with van der Waals surface area (Å²) in [5.41, 5.74) is 0.636. The molecule has 0 saturated carbocycles. The van der Waals surface area contributed by atoms with Crippen LogP contribution in [0.4, 0.5) is 0 Å². The Labute approximate surface area is 198 Å². The number of sulfonamides is 1. The average Bonchev–Trinajstić information content (AvgIpc) is 3.30. The summed E-state index contributed by atoms with van der Waals surface area (Å²) in [7, 11) is 0.489. The third-order valence-electron chi connectivity index (χ3n) is 5.20. The van der Waals surface area contributed by atoms with Crippen molar-refractivity contribution in [2.24, 2.45) is 0 Å². The zero-order valence-electron chi connectivity index (χ0n) is 19.0. The zero-order valence-corrected chi connectivity index (χ0v) is 20.6. The molecule has 3 aromatic rings. The molecular weight excluding hydrogens is 470 g/mol. The monoisotopic (exact) mass is 495 g/mol. The van der Waals surface area contributed by atoms with Crippen LogP contribution in [-0.4, -0.2) is 50.2 Å². The number of halogens is 1. The van der Waals surface area contributed by atoms with E-state index >= 15 is 0 Å². The number of hydrogen-bond donors (Lipinski definition) is 0. The van der Waals surface area contributed by atoms with Crippen LogP contribution in [0.2, 0.25) is 5.02 Å². The van der Waals surface area contributed by atoms with Crippen molar-refractivity contribution < 1.29 is 27.2 Å². The second-order valence-corrected chi connectivity index (χ2v) is 9.48. The van der Waals surface area contributed by atoms with Crippen LogP contribution in [0, 0.1) is 0 Å². The first kappa shape index (κ1) is 24.8. The third-order valence-corrected chi connectivity index (χ3v) is 7.41. The standard InChI is InChI=1S/C22H26ClN3O6S/c1-6-14(2)26(33(27,28)20-12-16(23)8-10-18(20)30-4)13-21-24-22(25-32-21)15-7-9-17(29-3)19(11-15)31-5/h7-12,14H,6,13H2,1-5H3/t14-/m0/s1. The molecule has 178 valence electrons. The molecule has 0 radical (unpaired) electrons. The number of benzene rings is 2. The lowest BCUT2D eigenvalue weighted by Gasteiger charge is -2.27. The number of hydrogen-bond acceptors (Lipinski definition) is 8. The summed E-state index contributed by atoms with van der Waals surface area (Å²) in [5, 5.41) is 4.29. The minimum absolute atomic E-state index is 0.0302. The fraction of sp³-hybridized carbons (Fsp3) is 0.364. The summed E-state index contributed by atoms with van der Waals surface area (Å²) in [6.45, 7) is 3.58. The molecule has 11 heteroatoms. The van der Waals surface area contributed by atoms with Gasteiger partial charge in [0.25, 0.3) is 0 Å². The maximum atomic E-state index is 13.6. The first-order chi connectivity index (χ1) is 15.7. The van der Waals surface area contributed by atoms with E-state index in [4.69, 9.17) is 30.3 Å². The molecule has 33 heavy (non-hydrogen) atoms. The second kappa shape index (κ2) is 10.4. The average molecular weight is 496 g/mol.